The normalized spacial score (nSPS) is 11.3. The number of nitrogens with one attached hydrogen (secondary N) is 1. The van der Waals surface area contributed by atoms with Gasteiger partial charge in [-0.2, -0.15) is 0 Å². The van der Waals surface area contributed by atoms with Crippen LogP contribution in [0.4, 0.5) is 0 Å². The highest BCUT2D eigenvalue weighted by molar-refractivity contribution is 8.01. The minimum atomic E-state index is -2.11. The molecule has 3 aromatic carbocycles. The van der Waals surface area contributed by atoms with Crippen LogP contribution in [0.15, 0.2) is 91.1 Å². The Morgan fingerprint density at radius 1 is 0.724 bits per heavy atom. The summed E-state index contributed by atoms with van der Waals surface area (Å²) < 4.78 is 0. The average Bonchev–Trinajstić information content (AvgIpc) is 3.22. The van der Waals surface area contributed by atoms with Crippen molar-refractivity contribution in [3.63, 3.8) is 0 Å². The molecule has 1 N–H and O–H groups in total. The maximum absolute atomic E-state index is 4.96. The van der Waals surface area contributed by atoms with Crippen LogP contribution in [0.3, 0.4) is 0 Å². The maximum Gasteiger partial charge on any atom is 0.270 e. The first-order chi connectivity index (χ1) is 13.6. The van der Waals surface area contributed by atoms with Gasteiger partial charge in [-0.15, -0.1) is 0 Å². The molecule has 0 unspecified atom stereocenters. The fraction of sp³-hybridized carbons (Fsp3) is 0.160. The number of aromatic nitrogens is 2. The van der Waals surface area contributed by atoms with Gasteiger partial charge in [0.1, 0.15) is 15.9 Å². The quantitative estimate of drug-likeness (QED) is 0.445. The lowest BCUT2D eigenvalue weighted by Crippen LogP contribution is -3.00. The molecule has 0 aliphatic heterocycles. The zero-order valence-corrected chi connectivity index (χ0v) is 19.5. The van der Waals surface area contributed by atoms with Gasteiger partial charge < -0.3 is 22.0 Å². The summed E-state index contributed by atoms with van der Waals surface area (Å²) in [5.74, 6) is 0.410. The van der Waals surface area contributed by atoms with Crippen molar-refractivity contribution >= 4 is 28.7 Å². The number of benzene rings is 3. The third-order valence-corrected chi connectivity index (χ3v) is 9.31. The van der Waals surface area contributed by atoms with Gasteiger partial charge in [0.25, 0.3) is 5.57 Å². The number of aryl methyl sites for hydroxylation is 1. The Labute approximate surface area is 184 Å². The van der Waals surface area contributed by atoms with Crippen LogP contribution in [-0.4, -0.2) is 9.97 Å². The highest BCUT2D eigenvalue weighted by Gasteiger charge is 2.50. The van der Waals surface area contributed by atoms with Crippen LogP contribution in [0.25, 0.3) is 0 Å². The zero-order valence-electron chi connectivity index (χ0n) is 17.0. The maximum atomic E-state index is 4.96. The van der Waals surface area contributed by atoms with E-state index in [0.29, 0.717) is 5.92 Å². The molecule has 148 valence electrons. The fourth-order valence-electron chi connectivity index (χ4n) is 3.67. The van der Waals surface area contributed by atoms with Gasteiger partial charge in [0.05, 0.1) is 6.20 Å². The molecular formula is C25H26BrN2P. The SMILES string of the molecule is Cc1ccc([P+](c2ccccc2)(c2ccccc2)c2ncc(C(C)C)[nH]2)cc1.[Br-]. The molecule has 0 bridgehead atoms. The molecule has 0 saturated carbocycles. The lowest BCUT2D eigenvalue weighted by Gasteiger charge is -2.25. The van der Waals surface area contributed by atoms with E-state index >= 15 is 0 Å². The number of hydrogen-bond donors (Lipinski definition) is 1. The standard InChI is InChI=1S/C25H26N2P.BrH/c1-19(2)24-18-26-25(27-24)28(21-10-6-4-7-11-21,22-12-8-5-9-13-22)23-16-14-20(3)15-17-23;/h4-19H,1-3H3,(H,26,27);1H/q+1;/p-1. The van der Waals surface area contributed by atoms with Crippen molar-refractivity contribution in [1.82, 2.24) is 9.97 Å². The lowest BCUT2D eigenvalue weighted by molar-refractivity contribution is -0.00000579. The monoisotopic (exact) mass is 464 g/mol. The molecule has 1 aromatic heterocycles. The van der Waals surface area contributed by atoms with Gasteiger partial charge >= 0.3 is 0 Å². The number of rotatable bonds is 5. The number of H-pyrrole nitrogens is 1. The Bertz CT molecular complexity index is 1000. The van der Waals surface area contributed by atoms with Gasteiger partial charge in [-0.1, -0.05) is 67.9 Å². The van der Waals surface area contributed by atoms with E-state index in [-0.39, 0.29) is 17.0 Å². The highest BCUT2D eigenvalue weighted by atomic mass is 79.9. The molecule has 1 heterocycles. The molecule has 0 saturated heterocycles. The molecular weight excluding hydrogens is 439 g/mol. The van der Waals surface area contributed by atoms with Crippen molar-refractivity contribution in [1.29, 1.82) is 0 Å². The summed E-state index contributed by atoms with van der Waals surface area (Å²) in [4.78, 5) is 8.66. The fourth-order valence-corrected chi connectivity index (χ4v) is 7.66. The number of nitrogens with zero attached hydrogens (tertiary/aromatic N) is 1. The number of hydrogen-bond acceptors (Lipinski definition) is 1. The summed E-state index contributed by atoms with van der Waals surface area (Å²) >= 11 is 0. The molecule has 4 rings (SSSR count). The predicted molar refractivity (Wildman–Crippen MR) is 122 cm³/mol. The third kappa shape index (κ3) is 3.95. The Kier molecular flexibility index (Phi) is 6.72. The number of imidazole rings is 1. The van der Waals surface area contributed by atoms with Crippen LogP contribution in [0.5, 0.6) is 0 Å². The Hall–Kier alpha value is -2.22. The van der Waals surface area contributed by atoms with Crippen LogP contribution >= 0.6 is 7.26 Å². The Morgan fingerprint density at radius 2 is 1.21 bits per heavy atom. The second-order valence-electron chi connectivity index (χ2n) is 7.49. The molecule has 0 fully saturated rings. The van der Waals surface area contributed by atoms with Gasteiger partial charge in [-0.25, -0.2) is 4.98 Å². The first kappa shape index (κ1) is 21.5. The molecule has 2 nitrogen and oxygen atoms in total. The van der Waals surface area contributed by atoms with E-state index in [9.17, 15) is 0 Å². The average molecular weight is 465 g/mol. The number of halogens is 1. The van der Waals surface area contributed by atoms with Crippen molar-refractivity contribution in [3.8, 4) is 0 Å². The van der Waals surface area contributed by atoms with E-state index in [1.165, 1.54) is 27.2 Å². The van der Waals surface area contributed by atoms with E-state index in [4.69, 9.17) is 4.98 Å². The van der Waals surface area contributed by atoms with Crippen molar-refractivity contribution in [3.05, 3.63) is 102 Å². The summed E-state index contributed by atoms with van der Waals surface area (Å²) in [6, 6.07) is 30.7. The molecule has 0 radical (unpaired) electrons. The summed E-state index contributed by atoms with van der Waals surface area (Å²) in [7, 11) is -2.11. The third-order valence-electron chi connectivity index (χ3n) is 5.23. The Balaban J connectivity index is 0.00000240. The largest absolute Gasteiger partial charge is 1.00 e. The van der Waals surface area contributed by atoms with E-state index in [0.717, 1.165) is 5.57 Å². The molecule has 0 atom stereocenters. The van der Waals surface area contributed by atoms with E-state index in [1.807, 2.05) is 6.20 Å². The summed E-state index contributed by atoms with van der Waals surface area (Å²) in [6.07, 6.45) is 2.01. The lowest BCUT2D eigenvalue weighted by atomic mass is 10.2. The molecule has 4 heteroatoms. The van der Waals surface area contributed by atoms with Gasteiger partial charge in [-0.05, 0) is 49.2 Å². The topological polar surface area (TPSA) is 28.7 Å². The van der Waals surface area contributed by atoms with Crippen molar-refractivity contribution in [2.24, 2.45) is 0 Å². The second-order valence-corrected chi connectivity index (χ2v) is 10.8. The van der Waals surface area contributed by atoms with Crippen LogP contribution < -0.4 is 38.5 Å². The highest BCUT2D eigenvalue weighted by Crippen LogP contribution is 2.53. The van der Waals surface area contributed by atoms with E-state index < -0.39 is 7.26 Å². The van der Waals surface area contributed by atoms with Gasteiger partial charge in [0.2, 0.25) is 0 Å². The number of aromatic amines is 1. The van der Waals surface area contributed by atoms with Crippen molar-refractivity contribution in [2.45, 2.75) is 26.7 Å². The van der Waals surface area contributed by atoms with Crippen LogP contribution in [-0.2, 0) is 0 Å². The Morgan fingerprint density at radius 3 is 1.66 bits per heavy atom. The smallest absolute Gasteiger partial charge is 0.270 e. The van der Waals surface area contributed by atoms with Crippen LogP contribution in [0.2, 0.25) is 0 Å². The molecule has 0 spiro atoms. The van der Waals surface area contributed by atoms with Crippen LogP contribution in [0.1, 0.15) is 31.0 Å². The molecule has 4 aromatic rings. The van der Waals surface area contributed by atoms with Crippen molar-refractivity contribution in [2.75, 3.05) is 0 Å². The van der Waals surface area contributed by atoms with Crippen molar-refractivity contribution < 1.29 is 17.0 Å². The van der Waals surface area contributed by atoms with E-state index in [1.54, 1.807) is 0 Å². The van der Waals surface area contributed by atoms with Gasteiger partial charge in [0.15, 0.2) is 7.26 Å². The molecule has 29 heavy (non-hydrogen) atoms. The minimum absolute atomic E-state index is 0. The van der Waals surface area contributed by atoms with Crippen LogP contribution in [0, 0.1) is 6.92 Å². The summed E-state index contributed by atoms with van der Waals surface area (Å²) in [5, 5.41) is 3.95. The molecule has 0 amide bonds. The van der Waals surface area contributed by atoms with Gasteiger partial charge in [0, 0.05) is 5.69 Å². The zero-order chi connectivity index (χ0) is 19.6. The predicted octanol–water partition coefficient (Wildman–Crippen LogP) is 1.46. The summed E-state index contributed by atoms with van der Waals surface area (Å²) in [5.41, 5.74) is 3.51. The van der Waals surface area contributed by atoms with E-state index in [2.05, 4.69) is 111 Å². The minimum Gasteiger partial charge on any atom is -1.00 e. The first-order valence-corrected chi connectivity index (χ1v) is 11.5. The molecule has 0 aliphatic carbocycles. The first-order valence-electron chi connectivity index (χ1n) is 9.75. The second kappa shape index (κ2) is 9.07. The molecule has 0 aliphatic rings. The summed E-state index contributed by atoms with van der Waals surface area (Å²) in [6.45, 7) is 6.54. The van der Waals surface area contributed by atoms with Gasteiger partial charge in [-0.3, -0.25) is 0 Å².